The van der Waals surface area contributed by atoms with E-state index in [2.05, 4.69) is 17.1 Å². The molecule has 0 fully saturated rings. The van der Waals surface area contributed by atoms with Gasteiger partial charge in [-0.1, -0.05) is 48.0 Å². The first-order valence-corrected chi connectivity index (χ1v) is 10.1. The Morgan fingerprint density at radius 2 is 1.74 bits per heavy atom. The summed E-state index contributed by atoms with van der Waals surface area (Å²) in [5.74, 6) is 1.06. The molecule has 0 aliphatic carbocycles. The van der Waals surface area contributed by atoms with E-state index in [0.29, 0.717) is 23.8 Å². The van der Waals surface area contributed by atoms with E-state index in [1.165, 1.54) is 0 Å². The maximum atomic E-state index is 12.0. The fourth-order valence-electron chi connectivity index (χ4n) is 2.72. The second-order valence-electron chi connectivity index (χ2n) is 6.67. The van der Waals surface area contributed by atoms with E-state index < -0.39 is 0 Å². The molecule has 0 saturated heterocycles. The molecule has 6 heteroatoms. The Labute approximate surface area is 187 Å². The monoisotopic (exact) mass is 434 g/mol. The zero-order valence-corrected chi connectivity index (χ0v) is 17.7. The smallest absolute Gasteiger partial charge is 0.277 e. The molecule has 3 aromatic rings. The molecule has 5 nitrogen and oxygen atoms in total. The van der Waals surface area contributed by atoms with Crippen molar-refractivity contribution in [2.75, 3.05) is 6.61 Å². The van der Waals surface area contributed by atoms with Gasteiger partial charge in [0.25, 0.3) is 5.91 Å². The van der Waals surface area contributed by atoms with Crippen molar-refractivity contribution in [2.45, 2.75) is 13.0 Å². The Morgan fingerprint density at radius 1 is 1.00 bits per heavy atom. The number of ether oxygens (including phenoxy) is 2. The van der Waals surface area contributed by atoms with Gasteiger partial charge in [0.05, 0.1) is 6.21 Å². The van der Waals surface area contributed by atoms with Crippen LogP contribution in [-0.2, 0) is 17.8 Å². The van der Waals surface area contributed by atoms with Crippen molar-refractivity contribution in [1.29, 1.82) is 0 Å². The Kier molecular flexibility index (Phi) is 8.26. The molecule has 0 bridgehead atoms. The number of carbonyl (C=O) groups excluding carboxylic acids is 1. The van der Waals surface area contributed by atoms with Crippen LogP contribution in [0.5, 0.6) is 11.5 Å². The van der Waals surface area contributed by atoms with Crippen molar-refractivity contribution in [3.8, 4) is 11.5 Å². The minimum Gasteiger partial charge on any atom is -0.489 e. The lowest BCUT2D eigenvalue weighted by molar-refractivity contribution is -0.123. The van der Waals surface area contributed by atoms with Gasteiger partial charge in [-0.05, 0) is 65.6 Å². The van der Waals surface area contributed by atoms with Crippen LogP contribution in [-0.4, -0.2) is 18.7 Å². The Hall–Kier alpha value is -3.57. The average Bonchev–Trinajstić information content (AvgIpc) is 2.79. The number of amides is 1. The van der Waals surface area contributed by atoms with E-state index >= 15 is 0 Å². The number of nitrogens with zero attached hydrogens (tertiary/aromatic N) is 1. The molecule has 1 N–H and O–H groups in total. The van der Waals surface area contributed by atoms with Crippen molar-refractivity contribution in [3.05, 3.63) is 107 Å². The number of halogens is 1. The molecule has 1 amide bonds. The van der Waals surface area contributed by atoms with Gasteiger partial charge in [-0.3, -0.25) is 4.79 Å². The molecular weight excluding hydrogens is 412 g/mol. The summed E-state index contributed by atoms with van der Waals surface area (Å²) in [6.45, 7) is 4.06. The van der Waals surface area contributed by atoms with E-state index in [9.17, 15) is 4.79 Å². The lowest BCUT2D eigenvalue weighted by Gasteiger charge is -2.09. The highest BCUT2D eigenvalue weighted by atomic mass is 35.5. The van der Waals surface area contributed by atoms with E-state index in [1.807, 2.05) is 72.8 Å². The van der Waals surface area contributed by atoms with Crippen LogP contribution in [0.15, 0.2) is 90.6 Å². The molecule has 0 aliphatic rings. The number of carbonyl (C=O) groups is 1. The summed E-state index contributed by atoms with van der Waals surface area (Å²) < 4.78 is 11.3. The van der Waals surface area contributed by atoms with Gasteiger partial charge in [0.1, 0.15) is 18.1 Å². The zero-order chi connectivity index (χ0) is 21.9. The van der Waals surface area contributed by atoms with E-state index in [4.69, 9.17) is 21.1 Å². The largest absolute Gasteiger partial charge is 0.489 e. The maximum Gasteiger partial charge on any atom is 0.277 e. The van der Waals surface area contributed by atoms with Crippen molar-refractivity contribution >= 4 is 23.7 Å². The first-order chi connectivity index (χ1) is 15.1. The number of para-hydroxylation sites is 1. The molecule has 0 aromatic heterocycles. The fraction of sp³-hybridized carbons (Fsp3) is 0.120. The number of benzene rings is 3. The maximum absolute atomic E-state index is 12.0. The summed E-state index contributed by atoms with van der Waals surface area (Å²) in [6, 6.07) is 22.5. The predicted octanol–water partition coefficient (Wildman–Crippen LogP) is 5.18. The summed E-state index contributed by atoms with van der Waals surface area (Å²) in [6.07, 6.45) is 4.03. The Balaban J connectivity index is 1.43. The minimum absolute atomic E-state index is 0.122. The topological polar surface area (TPSA) is 59.9 Å². The van der Waals surface area contributed by atoms with Crippen LogP contribution in [0.25, 0.3) is 0 Å². The van der Waals surface area contributed by atoms with Gasteiger partial charge < -0.3 is 9.47 Å². The van der Waals surface area contributed by atoms with Gasteiger partial charge in [0.15, 0.2) is 6.61 Å². The number of hydrogen-bond donors (Lipinski definition) is 1. The summed E-state index contributed by atoms with van der Waals surface area (Å²) in [4.78, 5) is 12.0. The molecule has 3 aromatic carbocycles. The van der Waals surface area contributed by atoms with Crippen LogP contribution in [0.4, 0.5) is 0 Å². The van der Waals surface area contributed by atoms with Crippen molar-refractivity contribution in [1.82, 2.24) is 5.43 Å². The third-order valence-electron chi connectivity index (χ3n) is 4.30. The minimum atomic E-state index is -0.340. The Morgan fingerprint density at radius 3 is 2.48 bits per heavy atom. The van der Waals surface area contributed by atoms with E-state index in [0.717, 1.165) is 22.4 Å². The number of nitrogens with one attached hydrogen (secondary N) is 1. The first kappa shape index (κ1) is 22.1. The predicted molar refractivity (Wildman–Crippen MR) is 124 cm³/mol. The number of allylic oxidation sites excluding steroid dienone is 1. The molecule has 0 aliphatic heterocycles. The molecule has 3 rings (SSSR count). The lowest BCUT2D eigenvalue weighted by atomic mass is 10.1. The molecule has 158 valence electrons. The van der Waals surface area contributed by atoms with Gasteiger partial charge >= 0.3 is 0 Å². The van der Waals surface area contributed by atoms with Crippen molar-refractivity contribution < 1.29 is 14.3 Å². The lowest BCUT2D eigenvalue weighted by Crippen LogP contribution is -2.24. The molecule has 0 spiro atoms. The van der Waals surface area contributed by atoms with Crippen LogP contribution in [0.2, 0.25) is 5.02 Å². The van der Waals surface area contributed by atoms with Gasteiger partial charge in [0, 0.05) is 5.02 Å². The molecule has 0 atom stereocenters. The first-order valence-electron chi connectivity index (χ1n) is 9.75. The molecular formula is C25H23ClN2O3. The van der Waals surface area contributed by atoms with Crippen LogP contribution < -0.4 is 14.9 Å². The van der Waals surface area contributed by atoms with Crippen molar-refractivity contribution in [3.63, 3.8) is 0 Å². The highest BCUT2D eigenvalue weighted by Crippen LogP contribution is 2.18. The zero-order valence-electron chi connectivity index (χ0n) is 17.0. The Bertz CT molecular complexity index is 1030. The summed E-state index contributed by atoms with van der Waals surface area (Å²) in [5.41, 5.74) is 5.31. The van der Waals surface area contributed by atoms with Gasteiger partial charge in [-0.2, -0.15) is 5.10 Å². The third kappa shape index (κ3) is 7.32. The van der Waals surface area contributed by atoms with Gasteiger partial charge in [0.2, 0.25) is 0 Å². The van der Waals surface area contributed by atoms with E-state index in [1.54, 1.807) is 12.3 Å². The molecule has 31 heavy (non-hydrogen) atoms. The number of hydrogen-bond acceptors (Lipinski definition) is 4. The highest BCUT2D eigenvalue weighted by molar-refractivity contribution is 6.30. The second-order valence-corrected chi connectivity index (χ2v) is 7.10. The quantitative estimate of drug-likeness (QED) is 0.272. The normalized spacial score (nSPS) is 10.6. The molecule has 0 unspecified atom stereocenters. The third-order valence-corrected chi connectivity index (χ3v) is 4.55. The highest BCUT2D eigenvalue weighted by Gasteiger charge is 2.05. The summed E-state index contributed by atoms with van der Waals surface area (Å²) in [7, 11) is 0. The summed E-state index contributed by atoms with van der Waals surface area (Å²) in [5, 5.41) is 4.67. The fourth-order valence-corrected chi connectivity index (χ4v) is 2.85. The summed E-state index contributed by atoms with van der Waals surface area (Å²) >= 11 is 5.88. The molecule has 0 heterocycles. The van der Waals surface area contributed by atoms with Crippen LogP contribution in [0, 0.1) is 0 Å². The van der Waals surface area contributed by atoms with Crippen LogP contribution >= 0.6 is 11.6 Å². The van der Waals surface area contributed by atoms with Crippen molar-refractivity contribution in [2.24, 2.45) is 5.10 Å². The standard InChI is InChI=1S/C25H23ClN2O3/c1-2-5-21-6-3-4-7-24(21)31-18-25(29)28-27-16-19-10-14-23(15-11-19)30-17-20-8-12-22(26)13-9-20/h2-4,6-16H,1,5,17-18H2,(H,28,29)/b27-16-. The number of hydrazone groups is 1. The van der Waals surface area contributed by atoms with E-state index in [-0.39, 0.29) is 12.5 Å². The molecule has 0 saturated carbocycles. The van der Waals surface area contributed by atoms with Gasteiger partial charge in [-0.15, -0.1) is 6.58 Å². The second kappa shape index (κ2) is 11.6. The SMILES string of the molecule is C=CCc1ccccc1OCC(=O)N/N=C\c1ccc(OCc2ccc(Cl)cc2)cc1. The molecule has 0 radical (unpaired) electrons. The average molecular weight is 435 g/mol. The van der Waals surface area contributed by atoms with Gasteiger partial charge in [-0.25, -0.2) is 5.43 Å². The van der Waals surface area contributed by atoms with Crippen LogP contribution in [0.1, 0.15) is 16.7 Å². The number of rotatable bonds is 10. The van der Waals surface area contributed by atoms with Crippen LogP contribution in [0.3, 0.4) is 0 Å².